The van der Waals surface area contributed by atoms with Crippen LogP contribution in [-0.4, -0.2) is 6.85 Å². The van der Waals surface area contributed by atoms with Crippen LogP contribution in [0.5, 0.6) is 0 Å². The second-order valence-corrected chi connectivity index (χ2v) is 18.0. The monoisotopic (exact) mass is 780 g/mol. The van der Waals surface area contributed by atoms with Gasteiger partial charge in [-0.2, -0.15) is 0 Å². The van der Waals surface area contributed by atoms with Crippen molar-refractivity contribution in [1.82, 2.24) is 0 Å². The van der Waals surface area contributed by atoms with Crippen LogP contribution < -0.4 is 20.6 Å². The Labute approximate surface area is 356 Å². The second-order valence-electron chi connectivity index (χ2n) is 18.0. The predicted molar refractivity (Wildman–Crippen MR) is 256 cm³/mol. The number of rotatable bonds is 3. The number of nitrogens with zero attached hydrogens (tertiary/aromatic N) is 2. The van der Waals surface area contributed by atoms with Crippen LogP contribution in [0.1, 0.15) is 48.6 Å². The lowest BCUT2D eigenvalue weighted by Gasteiger charge is -2.52. The molecule has 0 radical (unpaired) electrons. The number of furan rings is 1. The lowest BCUT2D eigenvalue weighted by Crippen LogP contribution is -2.62. The summed E-state index contributed by atoms with van der Waals surface area (Å²) in [6.45, 7) is 6.74. The van der Waals surface area contributed by atoms with E-state index in [9.17, 15) is 0 Å². The largest absolute Gasteiger partial charge is 0.456 e. The first kappa shape index (κ1) is 34.6. The summed E-state index contributed by atoms with van der Waals surface area (Å²) in [7, 11) is 0. The van der Waals surface area contributed by atoms with Gasteiger partial charge in [0.25, 0.3) is 0 Å². The van der Waals surface area contributed by atoms with E-state index in [2.05, 4.69) is 225 Å². The Morgan fingerprint density at radius 2 is 1.18 bits per heavy atom. The molecule has 61 heavy (non-hydrogen) atoms. The molecule has 0 unspecified atom stereocenters. The number of fused-ring (bicyclic) bond motifs is 12. The SMILES string of the molecule is CC(C)(C)c1ccc(N2B3c4cccc5c4N(c4ccccc4C5(c4ccccc4)c4ccccc4)c4c3c(cc3ccccc43)-c3c2ccc2oc4ccccc4c32)cc1. The summed E-state index contributed by atoms with van der Waals surface area (Å²) in [5.41, 5.74) is 18.7. The van der Waals surface area contributed by atoms with Crippen LogP contribution in [0, 0.1) is 0 Å². The molecule has 0 saturated carbocycles. The number of hydrogen-bond donors (Lipinski definition) is 0. The minimum atomic E-state index is -0.584. The molecule has 3 nitrogen and oxygen atoms in total. The molecule has 0 fully saturated rings. The van der Waals surface area contributed by atoms with Gasteiger partial charge in [0, 0.05) is 38.8 Å². The van der Waals surface area contributed by atoms with Crippen LogP contribution in [0.2, 0.25) is 0 Å². The van der Waals surface area contributed by atoms with Gasteiger partial charge in [0.05, 0.1) is 16.8 Å². The van der Waals surface area contributed by atoms with Gasteiger partial charge in [0.2, 0.25) is 0 Å². The first-order chi connectivity index (χ1) is 29.9. The quantitative estimate of drug-likeness (QED) is 0.167. The molecule has 13 rings (SSSR count). The van der Waals surface area contributed by atoms with Crippen molar-refractivity contribution >= 4 is 78.9 Å². The number of anilines is 5. The van der Waals surface area contributed by atoms with E-state index in [1.54, 1.807) is 0 Å². The fraction of sp³-hybridized carbons (Fsp3) is 0.0877. The summed E-state index contributed by atoms with van der Waals surface area (Å²) in [6.07, 6.45) is 0. The molecule has 4 heteroatoms. The average Bonchev–Trinajstić information content (AvgIpc) is 3.69. The normalized spacial score (nSPS) is 14.5. The van der Waals surface area contributed by atoms with E-state index in [0.29, 0.717) is 0 Å². The maximum atomic E-state index is 6.66. The van der Waals surface area contributed by atoms with Gasteiger partial charge in [-0.1, -0.05) is 172 Å². The van der Waals surface area contributed by atoms with Gasteiger partial charge < -0.3 is 14.1 Å². The Bertz CT molecular complexity index is 3380. The highest BCUT2D eigenvalue weighted by Crippen LogP contribution is 2.60. The van der Waals surface area contributed by atoms with Crippen LogP contribution in [-0.2, 0) is 10.8 Å². The summed E-state index contributed by atoms with van der Waals surface area (Å²) >= 11 is 0. The van der Waals surface area contributed by atoms with E-state index in [1.165, 1.54) is 83.4 Å². The van der Waals surface area contributed by atoms with Crippen molar-refractivity contribution in [2.45, 2.75) is 31.6 Å². The summed E-state index contributed by atoms with van der Waals surface area (Å²) in [5.74, 6) is 0. The predicted octanol–water partition coefficient (Wildman–Crippen LogP) is 13.4. The first-order valence-corrected chi connectivity index (χ1v) is 21.5. The molecule has 288 valence electrons. The maximum Gasteiger partial charge on any atom is 0.333 e. The lowest BCUT2D eigenvalue weighted by molar-refractivity contribution is 0.590. The van der Waals surface area contributed by atoms with E-state index < -0.39 is 5.41 Å². The molecule has 3 aliphatic heterocycles. The van der Waals surface area contributed by atoms with E-state index in [-0.39, 0.29) is 12.3 Å². The maximum absolute atomic E-state index is 6.66. The van der Waals surface area contributed by atoms with Gasteiger partial charge in [0.15, 0.2) is 0 Å². The van der Waals surface area contributed by atoms with Crippen LogP contribution in [0.15, 0.2) is 199 Å². The number of para-hydroxylation sites is 3. The van der Waals surface area contributed by atoms with Gasteiger partial charge in [0.1, 0.15) is 11.2 Å². The van der Waals surface area contributed by atoms with Crippen molar-refractivity contribution in [2.24, 2.45) is 0 Å². The van der Waals surface area contributed by atoms with Gasteiger partial charge in [-0.3, -0.25) is 0 Å². The second kappa shape index (κ2) is 12.4. The molecule has 0 saturated heterocycles. The third-order valence-corrected chi connectivity index (χ3v) is 13.8. The summed E-state index contributed by atoms with van der Waals surface area (Å²) in [4.78, 5) is 5.28. The van der Waals surface area contributed by atoms with Crippen molar-refractivity contribution in [2.75, 3.05) is 9.71 Å². The first-order valence-electron chi connectivity index (χ1n) is 21.5. The van der Waals surface area contributed by atoms with E-state index in [0.717, 1.165) is 27.6 Å². The van der Waals surface area contributed by atoms with Crippen molar-refractivity contribution in [3.8, 4) is 11.1 Å². The molecule has 4 heterocycles. The minimum Gasteiger partial charge on any atom is -0.456 e. The zero-order valence-electron chi connectivity index (χ0n) is 34.4. The van der Waals surface area contributed by atoms with E-state index >= 15 is 0 Å². The fourth-order valence-corrected chi connectivity index (χ4v) is 11.3. The molecule has 9 aromatic carbocycles. The molecule has 1 aromatic heterocycles. The smallest absolute Gasteiger partial charge is 0.333 e. The number of hydrogen-bond acceptors (Lipinski definition) is 3. The Kier molecular flexibility index (Phi) is 7.01. The Balaban J connectivity index is 1.23. The zero-order chi connectivity index (χ0) is 40.6. The van der Waals surface area contributed by atoms with Gasteiger partial charge in [-0.15, -0.1) is 0 Å². The molecule has 10 aromatic rings. The minimum absolute atomic E-state index is 0.0222. The molecular weight excluding hydrogens is 739 g/mol. The highest BCUT2D eigenvalue weighted by atomic mass is 16.3. The van der Waals surface area contributed by atoms with Gasteiger partial charge in [-0.05, 0) is 97.6 Å². The Hall–Kier alpha value is -7.30. The third kappa shape index (κ3) is 4.54. The van der Waals surface area contributed by atoms with Gasteiger partial charge >= 0.3 is 6.85 Å². The molecule has 0 atom stereocenters. The van der Waals surface area contributed by atoms with Crippen molar-refractivity contribution in [1.29, 1.82) is 0 Å². The van der Waals surface area contributed by atoms with Crippen molar-refractivity contribution in [3.05, 3.63) is 222 Å². The molecular formula is C57H41BN2O. The average molecular weight is 781 g/mol. The molecule has 0 N–H and O–H groups in total. The fourth-order valence-electron chi connectivity index (χ4n) is 11.3. The number of benzene rings is 9. The van der Waals surface area contributed by atoms with Crippen LogP contribution in [0.25, 0.3) is 43.8 Å². The molecule has 0 bridgehead atoms. The van der Waals surface area contributed by atoms with E-state index in [4.69, 9.17) is 4.42 Å². The van der Waals surface area contributed by atoms with E-state index in [1.807, 2.05) is 0 Å². The Morgan fingerprint density at radius 1 is 0.525 bits per heavy atom. The lowest BCUT2D eigenvalue weighted by atomic mass is 9.42. The highest BCUT2D eigenvalue weighted by Gasteiger charge is 2.53. The summed E-state index contributed by atoms with van der Waals surface area (Å²) < 4.78 is 6.66. The van der Waals surface area contributed by atoms with Crippen LogP contribution in [0.3, 0.4) is 0 Å². The van der Waals surface area contributed by atoms with Crippen LogP contribution >= 0.6 is 0 Å². The molecule has 0 spiro atoms. The molecule has 0 amide bonds. The molecule has 0 aliphatic carbocycles. The topological polar surface area (TPSA) is 19.6 Å². The zero-order valence-corrected chi connectivity index (χ0v) is 34.4. The summed E-state index contributed by atoms with van der Waals surface area (Å²) in [6, 6.07) is 72.5. The summed E-state index contributed by atoms with van der Waals surface area (Å²) in [5, 5.41) is 4.75. The Morgan fingerprint density at radius 3 is 1.93 bits per heavy atom. The van der Waals surface area contributed by atoms with Crippen molar-refractivity contribution in [3.63, 3.8) is 0 Å². The van der Waals surface area contributed by atoms with Crippen molar-refractivity contribution < 1.29 is 4.42 Å². The van der Waals surface area contributed by atoms with Gasteiger partial charge in [-0.25, -0.2) is 0 Å². The standard InChI is InChI=1S/C57H41BN2O/c1-56(2,3)37-29-31-40(32-30-37)60-48-33-34-50-52(42-23-12-15-28-49(42)61-50)51(48)43-35-36-17-10-11-22-41(36)54-53(43)58(60)46-26-16-25-45-55(46)59(54)47-27-14-13-24-44(47)57(45,38-18-6-4-7-19-38)39-20-8-5-9-21-39/h4-35H,1-3H3. The molecule has 3 aliphatic rings. The highest BCUT2D eigenvalue weighted by molar-refractivity contribution is 6.94. The third-order valence-electron chi connectivity index (χ3n) is 13.8. The van der Waals surface area contributed by atoms with Crippen LogP contribution in [0.4, 0.5) is 28.4 Å².